The minimum atomic E-state index is -0.130. The molecule has 2 nitrogen and oxygen atoms in total. The van der Waals surface area contributed by atoms with Gasteiger partial charge in [-0.25, -0.2) is 4.39 Å². The lowest BCUT2D eigenvalue weighted by Crippen LogP contribution is -2.25. The summed E-state index contributed by atoms with van der Waals surface area (Å²) in [5.74, 6) is -0.130. The monoisotopic (exact) mass is 250 g/mol. The molecule has 1 rings (SSSR count). The number of hydrogen-bond acceptors (Lipinski definition) is 2. The fourth-order valence-corrected chi connectivity index (χ4v) is 1.97. The molecule has 1 aromatic rings. The first-order chi connectivity index (χ1) is 8.56. The number of likely N-dealkylation sites (N-methyl/N-ethyl adjacent to an activating group) is 1. The van der Waals surface area contributed by atoms with Gasteiger partial charge >= 0.3 is 0 Å². The average molecular weight is 250 g/mol. The molecule has 0 amide bonds. The number of nitrogens with zero attached hydrogens (tertiary/aromatic N) is 1. The molecule has 0 fully saturated rings. The van der Waals surface area contributed by atoms with E-state index in [2.05, 4.69) is 23.7 Å². The van der Waals surface area contributed by atoms with Gasteiger partial charge in [-0.1, -0.05) is 31.2 Å². The molecular formula is C15H23FN2. The van der Waals surface area contributed by atoms with Crippen molar-refractivity contribution in [3.63, 3.8) is 0 Å². The van der Waals surface area contributed by atoms with Crippen LogP contribution in [0.2, 0.25) is 0 Å². The highest BCUT2D eigenvalue weighted by Gasteiger charge is 2.09. The zero-order valence-electron chi connectivity index (χ0n) is 11.6. The van der Waals surface area contributed by atoms with E-state index in [4.69, 9.17) is 0 Å². The molecule has 0 heterocycles. The molecule has 0 aliphatic heterocycles. The molecule has 18 heavy (non-hydrogen) atoms. The quantitative estimate of drug-likeness (QED) is 0.749. The largest absolute Gasteiger partial charge is 0.316 e. The SMILES string of the molecule is C=C(C)CN(CC)Cc1cc(CNC)ccc1F. The summed E-state index contributed by atoms with van der Waals surface area (Å²) in [5, 5.41) is 3.08. The van der Waals surface area contributed by atoms with Crippen LogP contribution in [0, 0.1) is 5.82 Å². The van der Waals surface area contributed by atoms with E-state index in [-0.39, 0.29) is 5.82 Å². The van der Waals surface area contributed by atoms with Crippen molar-refractivity contribution >= 4 is 0 Å². The first-order valence-electron chi connectivity index (χ1n) is 6.35. The van der Waals surface area contributed by atoms with Gasteiger partial charge in [0.15, 0.2) is 0 Å². The van der Waals surface area contributed by atoms with Crippen molar-refractivity contribution < 1.29 is 4.39 Å². The van der Waals surface area contributed by atoms with Crippen LogP contribution < -0.4 is 5.32 Å². The normalized spacial score (nSPS) is 10.9. The Labute approximate surface area is 110 Å². The van der Waals surface area contributed by atoms with Crippen molar-refractivity contribution in [1.29, 1.82) is 0 Å². The summed E-state index contributed by atoms with van der Waals surface area (Å²) in [6, 6.07) is 5.31. The second-order valence-corrected chi connectivity index (χ2v) is 4.72. The maximum Gasteiger partial charge on any atom is 0.127 e. The summed E-state index contributed by atoms with van der Waals surface area (Å²) in [4.78, 5) is 2.18. The molecule has 0 unspecified atom stereocenters. The van der Waals surface area contributed by atoms with Gasteiger partial charge in [0.25, 0.3) is 0 Å². The van der Waals surface area contributed by atoms with Crippen molar-refractivity contribution in [3.05, 3.63) is 47.3 Å². The van der Waals surface area contributed by atoms with Crippen molar-refractivity contribution in [2.45, 2.75) is 26.9 Å². The van der Waals surface area contributed by atoms with Gasteiger partial charge in [0, 0.05) is 25.2 Å². The molecule has 0 saturated carbocycles. The third kappa shape index (κ3) is 4.59. The number of hydrogen-bond donors (Lipinski definition) is 1. The van der Waals surface area contributed by atoms with Gasteiger partial charge in [0.05, 0.1) is 0 Å². The van der Waals surface area contributed by atoms with Crippen LogP contribution in [0.25, 0.3) is 0 Å². The Morgan fingerprint density at radius 1 is 1.44 bits per heavy atom. The first-order valence-corrected chi connectivity index (χ1v) is 6.35. The van der Waals surface area contributed by atoms with Crippen LogP contribution >= 0.6 is 0 Å². The standard InChI is InChI=1S/C15H23FN2/c1-5-18(10-12(2)3)11-14-8-13(9-17-4)6-7-15(14)16/h6-8,17H,2,5,9-11H2,1,3-4H3. The Kier molecular flexibility index (Phi) is 6.02. The highest BCUT2D eigenvalue weighted by atomic mass is 19.1. The van der Waals surface area contributed by atoms with Gasteiger partial charge in [0.2, 0.25) is 0 Å². The number of benzene rings is 1. The summed E-state index contributed by atoms with van der Waals surface area (Å²) in [7, 11) is 1.89. The van der Waals surface area contributed by atoms with Crippen molar-refractivity contribution in [3.8, 4) is 0 Å². The Morgan fingerprint density at radius 2 is 2.17 bits per heavy atom. The van der Waals surface area contributed by atoms with Gasteiger partial charge < -0.3 is 5.32 Å². The van der Waals surface area contributed by atoms with Crippen LogP contribution in [-0.4, -0.2) is 25.0 Å². The molecule has 0 aromatic heterocycles. The minimum absolute atomic E-state index is 0.130. The summed E-state index contributed by atoms with van der Waals surface area (Å²) in [6.07, 6.45) is 0. The van der Waals surface area contributed by atoms with E-state index in [9.17, 15) is 4.39 Å². The molecule has 0 spiro atoms. The summed E-state index contributed by atoms with van der Waals surface area (Å²) >= 11 is 0. The van der Waals surface area contributed by atoms with Crippen LogP contribution in [0.5, 0.6) is 0 Å². The zero-order chi connectivity index (χ0) is 13.5. The smallest absolute Gasteiger partial charge is 0.127 e. The van der Waals surface area contributed by atoms with Crippen molar-refractivity contribution in [1.82, 2.24) is 10.2 Å². The lowest BCUT2D eigenvalue weighted by molar-refractivity contribution is 0.299. The first kappa shape index (κ1) is 14.9. The summed E-state index contributed by atoms with van der Waals surface area (Å²) in [6.45, 7) is 11.1. The predicted octanol–water partition coefficient (Wildman–Crippen LogP) is 2.94. The van der Waals surface area contributed by atoms with Gasteiger partial charge in [-0.05, 0) is 32.1 Å². The second kappa shape index (κ2) is 7.29. The molecule has 100 valence electrons. The topological polar surface area (TPSA) is 15.3 Å². The van der Waals surface area contributed by atoms with Gasteiger partial charge in [-0.15, -0.1) is 0 Å². The summed E-state index contributed by atoms with van der Waals surface area (Å²) < 4.78 is 13.8. The van der Waals surface area contributed by atoms with Crippen LogP contribution in [0.4, 0.5) is 4.39 Å². The fraction of sp³-hybridized carbons (Fsp3) is 0.467. The minimum Gasteiger partial charge on any atom is -0.316 e. The highest BCUT2D eigenvalue weighted by molar-refractivity contribution is 5.25. The van der Waals surface area contributed by atoms with Crippen LogP contribution in [0.1, 0.15) is 25.0 Å². The summed E-state index contributed by atoms with van der Waals surface area (Å²) in [5.41, 5.74) is 2.97. The van der Waals surface area contributed by atoms with Crippen molar-refractivity contribution in [2.75, 3.05) is 20.1 Å². The molecule has 1 aromatic carbocycles. The van der Waals surface area contributed by atoms with Crippen LogP contribution in [-0.2, 0) is 13.1 Å². The molecule has 0 atom stereocenters. The number of rotatable bonds is 7. The molecule has 0 radical (unpaired) electrons. The van der Waals surface area contributed by atoms with Crippen molar-refractivity contribution in [2.24, 2.45) is 0 Å². The van der Waals surface area contributed by atoms with Gasteiger partial charge in [-0.3, -0.25) is 4.90 Å². The van der Waals surface area contributed by atoms with E-state index < -0.39 is 0 Å². The molecule has 0 aliphatic carbocycles. The Morgan fingerprint density at radius 3 is 2.72 bits per heavy atom. The molecule has 0 saturated heterocycles. The molecular weight excluding hydrogens is 227 g/mol. The van der Waals surface area contributed by atoms with Crippen LogP contribution in [0.3, 0.4) is 0 Å². The second-order valence-electron chi connectivity index (χ2n) is 4.72. The van der Waals surface area contributed by atoms with E-state index in [1.165, 1.54) is 0 Å². The van der Waals surface area contributed by atoms with E-state index in [1.54, 1.807) is 6.07 Å². The number of halogens is 1. The van der Waals surface area contributed by atoms with Gasteiger partial charge in [0.1, 0.15) is 5.82 Å². The van der Waals surface area contributed by atoms with Crippen LogP contribution in [0.15, 0.2) is 30.4 Å². The maximum absolute atomic E-state index is 13.8. The Bertz CT molecular complexity index is 401. The Balaban J connectivity index is 2.80. The van der Waals surface area contributed by atoms with E-state index in [0.717, 1.165) is 36.3 Å². The average Bonchev–Trinajstić information content (AvgIpc) is 2.32. The fourth-order valence-electron chi connectivity index (χ4n) is 1.97. The third-order valence-corrected chi connectivity index (χ3v) is 2.83. The highest BCUT2D eigenvalue weighted by Crippen LogP contribution is 2.14. The molecule has 3 heteroatoms. The maximum atomic E-state index is 13.8. The predicted molar refractivity (Wildman–Crippen MR) is 74.9 cm³/mol. The molecule has 0 bridgehead atoms. The third-order valence-electron chi connectivity index (χ3n) is 2.83. The molecule has 0 aliphatic rings. The Hall–Kier alpha value is -1.19. The number of nitrogens with one attached hydrogen (secondary N) is 1. The van der Waals surface area contributed by atoms with E-state index in [0.29, 0.717) is 6.54 Å². The van der Waals surface area contributed by atoms with Gasteiger partial charge in [-0.2, -0.15) is 0 Å². The van der Waals surface area contributed by atoms with E-state index in [1.807, 2.05) is 26.1 Å². The molecule has 1 N–H and O–H groups in total. The lowest BCUT2D eigenvalue weighted by Gasteiger charge is -2.21. The lowest BCUT2D eigenvalue weighted by atomic mass is 10.1. The zero-order valence-corrected chi connectivity index (χ0v) is 11.6. The van der Waals surface area contributed by atoms with E-state index >= 15 is 0 Å².